The van der Waals surface area contributed by atoms with Crippen LogP contribution in [0.15, 0.2) is 42.6 Å². The average molecular weight is 354 g/mol. The summed E-state index contributed by atoms with van der Waals surface area (Å²) < 4.78 is 16.1. The van der Waals surface area contributed by atoms with Crippen molar-refractivity contribution in [3.8, 4) is 39.9 Å². The van der Waals surface area contributed by atoms with Crippen LogP contribution in [-0.4, -0.2) is 42.4 Å². The Balaban J connectivity index is 1.98. The van der Waals surface area contributed by atoms with E-state index in [4.69, 9.17) is 19.3 Å². The Morgan fingerprint density at radius 2 is 1.58 bits per heavy atom. The van der Waals surface area contributed by atoms with Gasteiger partial charge in [-0.15, -0.1) is 0 Å². The van der Waals surface area contributed by atoms with Crippen molar-refractivity contribution in [1.29, 1.82) is 0 Å². The second-order valence-electron chi connectivity index (χ2n) is 5.44. The van der Waals surface area contributed by atoms with Gasteiger partial charge in [-0.1, -0.05) is 12.1 Å². The van der Waals surface area contributed by atoms with Gasteiger partial charge in [-0.2, -0.15) is 0 Å². The zero-order chi connectivity index (χ0) is 18.7. The van der Waals surface area contributed by atoms with E-state index in [0.717, 1.165) is 16.8 Å². The molecule has 0 amide bonds. The number of aromatic nitrogens is 2. The number of aromatic carboxylic acids is 1. The summed E-state index contributed by atoms with van der Waals surface area (Å²) in [5.41, 5.74) is 2.60. The second-order valence-corrected chi connectivity index (χ2v) is 5.44. The summed E-state index contributed by atoms with van der Waals surface area (Å²) in [6.45, 7) is 0. The van der Waals surface area contributed by atoms with Crippen molar-refractivity contribution in [1.82, 2.24) is 9.97 Å². The molecule has 3 aromatic rings. The Morgan fingerprint density at radius 3 is 2.08 bits per heavy atom. The van der Waals surface area contributed by atoms with Crippen LogP contribution >= 0.6 is 0 Å². The zero-order valence-corrected chi connectivity index (χ0v) is 14.6. The largest absolute Gasteiger partial charge is 0.493 e. The molecule has 0 aliphatic carbocycles. The highest BCUT2D eigenvalue weighted by molar-refractivity contribution is 5.88. The zero-order valence-electron chi connectivity index (χ0n) is 14.6. The number of hydrogen-bond acceptors (Lipinski definition) is 5. The highest BCUT2D eigenvalue weighted by atomic mass is 16.5. The minimum Gasteiger partial charge on any atom is -0.493 e. The normalized spacial score (nSPS) is 10.4. The van der Waals surface area contributed by atoms with E-state index >= 15 is 0 Å². The second kappa shape index (κ2) is 7.18. The number of ether oxygens (including phenoxy) is 3. The molecular weight excluding hydrogens is 336 g/mol. The fourth-order valence-electron chi connectivity index (χ4n) is 2.62. The molecular formula is C19H18N2O5. The molecule has 0 unspecified atom stereocenters. The summed E-state index contributed by atoms with van der Waals surface area (Å²) in [6.07, 6.45) is 1.70. The molecule has 0 fully saturated rings. The summed E-state index contributed by atoms with van der Waals surface area (Å²) >= 11 is 0. The number of nitrogens with one attached hydrogen (secondary N) is 1. The lowest BCUT2D eigenvalue weighted by Crippen LogP contribution is -1.96. The van der Waals surface area contributed by atoms with Gasteiger partial charge in [0.25, 0.3) is 0 Å². The van der Waals surface area contributed by atoms with E-state index in [0.29, 0.717) is 23.1 Å². The third-order valence-electron chi connectivity index (χ3n) is 3.96. The number of aromatic amines is 1. The Morgan fingerprint density at radius 1 is 0.962 bits per heavy atom. The van der Waals surface area contributed by atoms with Crippen LogP contribution in [0.2, 0.25) is 0 Å². The number of benzene rings is 2. The van der Waals surface area contributed by atoms with Crippen molar-refractivity contribution >= 4 is 5.97 Å². The molecule has 0 aliphatic heterocycles. The summed E-state index contributed by atoms with van der Waals surface area (Å²) in [5.74, 6) is 1.27. The molecule has 2 aromatic carbocycles. The molecule has 3 rings (SSSR count). The molecule has 2 N–H and O–H groups in total. The first-order valence-corrected chi connectivity index (χ1v) is 7.76. The first-order chi connectivity index (χ1) is 12.6. The molecule has 0 bridgehead atoms. The molecule has 0 saturated heterocycles. The van der Waals surface area contributed by atoms with Gasteiger partial charge in [0.1, 0.15) is 5.82 Å². The molecule has 26 heavy (non-hydrogen) atoms. The van der Waals surface area contributed by atoms with Crippen LogP contribution in [0.5, 0.6) is 17.2 Å². The number of rotatable bonds is 6. The standard InChI is InChI=1S/C19H18N2O5/c1-24-15-8-13(9-16(25-2)17(15)26-3)14-10-20-18(21-14)11-4-6-12(7-5-11)19(22)23/h4-10H,1-3H3,(H,20,21)(H,22,23). The molecule has 0 radical (unpaired) electrons. The number of hydrogen-bond donors (Lipinski definition) is 2. The average Bonchev–Trinajstić information content (AvgIpc) is 3.17. The smallest absolute Gasteiger partial charge is 0.335 e. The van der Waals surface area contributed by atoms with E-state index in [1.165, 1.54) is 0 Å². The van der Waals surface area contributed by atoms with E-state index < -0.39 is 5.97 Å². The molecule has 0 spiro atoms. The minimum atomic E-state index is -0.964. The topological polar surface area (TPSA) is 93.7 Å². The monoisotopic (exact) mass is 354 g/mol. The first kappa shape index (κ1) is 17.3. The van der Waals surface area contributed by atoms with Gasteiger partial charge < -0.3 is 24.3 Å². The Labute approximate surface area is 150 Å². The number of methoxy groups -OCH3 is 3. The summed E-state index contributed by atoms with van der Waals surface area (Å²) in [7, 11) is 4.67. The van der Waals surface area contributed by atoms with Crippen LogP contribution in [0.25, 0.3) is 22.6 Å². The van der Waals surface area contributed by atoms with Gasteiger partial charge >= 0.3 is 5.97 Å². The van der Waals surface area contributed by atoms with Crippen LogP contribution < -0.4 is 14.2 Å². The predicted octanol–water partition coefficient (Wildman–Crippen LogP) is 3.47. The SMILES string of the molecule is COc1cc(-c2cnc(-c3ccc(C(=O)O)cc3)[nH]2)cc(OC)c1OC. The molecule has 0 aliphatic rings. The van der Waals surface area contributed by atoms with E-state index in [9.17, 15) is 4.79 Å². The third-order valence-corrected chi connectivity index (χ3v) is 3.96. The molecule has 0 atom stereocenters. The van der Waals surface area contributed by atoms with Gasteiger partial charge in [0.2, 0.25) is 5.75 Å². The first-order valence-electron chi connectivity index (χ1n) is 7.76. The summed E-state index contributed by atoms with van der Waals surface area (Å²) in [5, 5.41) is 8.98. The maximum atomic E-state index is 11.0. The quantitative estimate of drug-likeness (QED) is 0.704. The lowest BCUT2D eigenvalue weighted by molar-refractivity contribution is 0.0697. The predicted molar refractivity (Wildman–Crippen MR) is 96.1 cm³/mol. The van der Waals surface area contributed by atoms with E-state index in [1.807, 2.05) is 12.1 Å². The lowest BCUT2D eigenvalue weighted by Gasteiger charge is -2.13. The van der Waals surface area contributed by atoms with Gasteiger partial charge in [-0.05, 0) is 24.3 Å². The van der Waals surface area contributed by atoms with Crippen LogP contribution in [-0.2, 0) is 0 Å². The number of carboxylic acids is 1. The summed E-state index contributed by atoms with van der Waals surface area (Å²) in [6, 6.07) is 10.2. The van der Waals surface area contributed by atoms with Crippen LogP contribution in [0.1, 0.15) is 10.4 Å². The van der Waals surface area contributed by atoms with Crippen molar-refractivity contribution < 1.29 is 24.1 Å². The molecule has 0 saturated carbocycles. The van der Waals surface area contributed by atoms with Gasteiger partial charge in [0, 0.05) is 11.1 Å². The van der Waals surface area contributed by atoms with Crippen molar-refractivity contribution in [2.75, 3.05) is 21.3 Å². The maximum Gasteiger partial charge on any atom is 0.335 e. The van der Waals surface area contributed by atoms with Crippen molar-refractivity contribution in [2.45, 2.75) is 0 Å². The van der Waals surface area contributed by atoms with Crippen molar-refractivity contribution in [3.05, 3.63) is 48.2 Å². The molecule has 7 heteroatoms. The Hall–Kier alpha value is -3.48. The van der Waals surface area contributed by atoms with Gasteiger partial charge in [-0.3, -0.25) is 0 Å². The molecule has 1 aromatic heterocycles. The van der Waals surface area contributed by atoms with Crippen LogP contribution in [0.3, 0.4) is 0 Å². The van der Waals surface area contributed by atoms with E-state index in [2.05, 4.69) is 9.97 Å². The highest BCUT2D eigenvalue weighted by Gasteiger charge is 2.15. The van der Waals surface area contributed by atoms with Gasteiger partial charge in [-0.25, -0.2) is 9.78 Å². The number of imidazole rings is 1. The third kappa shape index (κ3) is 3.19. The van der Waals surface area contributed by atoms with Crippen molar-refractivity contribution in [2.24, 2.45) is 0 Å². The van der Waals surface area contributed by atoms with Crippen LogP contribution in [0, 0.1) is 0 Å². The lowest BCUT2D eigenvalue weighted by atomic mass is 10.1. The Bertz CT molecular complexity index is 906. The van der Waals surface area contributed by atoms with Gasteiger partial charge in [0.05, 0.1) is 38.8 Å². The fraction of sp³-hybridized carbons (Fsp3) is 0.158. The van der Waals surface area contributed by atoms with E-state index in [-0.39, 0.29) is 5.56 Å². The Kier molecular flexibility index (Phi) is 4.79. The number of H-pyrrole nitrogens is 1. The number of carboxylic acid groups (broad SMARTS) is 1. The highest BCUT2D eigenvalue weighted by Crippen LogP contribution is 2.41. The minimum absolute atomic E-state index is 0.227. The fourth-order valence-corrected chi connectivity index (χ4v) is 2.62. The summed E-state index contributed by atoms with van der Waals surface area (Å²) in [4.78, 5) is 18.6. The van der Waals surface area contributed by atoms with Gasteiger partial charge in [0.15, 0.2) is 11.5 Å². The van der Waals surface area contributed by atoms with Crippen molar-refractivity contribution in [3.63, 3.8) is 0 Å². The molecule has 7 nitrogen and oxygen atoms in total. The maximum absolute atomic E-state index is 11.0. The molecule has 134 valence electrons. The molecule has 1 heterocycles. The van der Waals surface area contributed by atoms with Crippen LogP contribution in [0.4, 0.5) is 0 Å². The van der Waals surface area contributed by atoms with E-state index in [1.54, 1.807) is 51.8 Å². The number of nitrogens with zero attached hydrogens (tertiary/aromatic N) is 1. The number of carbonyl (C=O) groups is 1.